The summed E-state index contributed by atoms with van der Waals surface area (Å²) in [5, 5.41) is 3.81. The second-order valence-electron chi connectivity index (χ2n) is 3.50. The molecule has 0 saturated carbocycles. The van der Waals surface area contributed by atoms with Gasteiger partial charge >= 0.3 is 0 Å². The lowest BCUT2D eigenvalue weighted by Crippen LogP contribution is -2.30. The maximum absolute atomic E-state index is 11.3. The van der Waals surface area contributed by atoms with Crippen molar-refractivity contribution in [3.8, 4) is 0 Å². The fourth-order valence-corrected chi connectivity index (χ4v) is 1.11. The molecule has 0 aromatic rings. The number of amides is 1. The van der Waals surface area contributed by atoms with Gasteiger partial charge in [0.25, 0.3) is 5.91 Å². The van der Waals surface area contributed by atoms with E-state index in [0.717, 1.165) is 12.8 Å². The van der Waals surface area contributed by atoms with Gasteiger partial charge in [-0.3, -0.25) is 4.79 Å². The number of ether oxygens (including phenoxy) is 1. The van der Waals surface area contributed by atoms with Gasteiger partial charge in [-0.2, -0.15) is 5.10 Å². The fourth-order valence-electron chi connectivity index (χ4n) is 1.11. The van der Waals surface area contributed by atoms with E-state index in [2.05, 4.69) is 10.5 Å². The molecule has 1 amide bonds. The molecule has 1 rings (SSSR count). The third-order valence-corrected chi connectivity index (χ3v) is 1.77. The van der Waals surface area contributed by atoms with Gasteiger partial charge in [0, 0.05) is 12.8 Å². The third kappa shape index (κ3) is 3.55. The van der Waals surface area contributed by atoms with E-state index in [0.29, 0.717) is 12.5 Å². The molecule has 1 aliphatic heterocycles. The molecule has 1 N–H and O–H groups in total. The number of carbonyl (C=O) groups is 1. The van der Waals surface area contributed by atoms with Crippen LogP contribution in [0.1, 0.15) is 26.7 Å². The standard InChI is InChI=1S/C9H16N2O2/c1-7(2)6-10-11-9(12)8-4-3-5-13-8/h6-8H,3-5H2,1-2H3,(H,11,12)/b10-6+. The largest absolute Gasteiger partial charge is 0.368 e. The molecule has 1 fully saturated rings. The van der Waals surface area contributed by atoms with E-state index in [1.165, 1.54) is 0 Å². The van der Waals surface area contributed by atoms with Crippen molar-refractivity contribution in [1.29, 1.82) is 0 Å². The molecule has 0 aromatic heterocycles. The third-order valence-electron chi connectivity index (χ3n) is 1.77. The fraction of sp³-hybridized carbons (Fsp3) is 0.778. The van der Waals surface area contributed by atoms with Gasteiger partial charge in [0.2, 0.25) is 0 Å². The number of hydrogen-bond acceptors (Lipinski definition) is 3. The maximum Gasteiger partial charge on any atom is 0.269 e. The van der Waals surface area contributed by atoms with E-state index in [1.807, 2.05) is 13.8 Å². The van der Waals surface area contributed by atoms with Crippen molar-refractivity contribution < 1.29 is 9.53 Å². The minimum absolute atomic E-state index is 0.130. The van der Waals surface area contributed by atoms with Crippen LogP contribution in [-0.4, -0.2) is 24.8 Å². The Morgan fingerprint density at radius 1 is 1.69 bits per heavy atom. The number of hydrazone groups is 1. The van der Waals surface area contributed by atoms with Crippen molar-refractivity contribution in [2.45, 2.75) is 32.8 Å². The molecule has 0 aliphatic carbocycles. The molecule has 1 unspecified atom stereocenters. The molecule has 0 spiro atoms. The van der Waals surface area contributed by atoms with Crippen molar-refractivity contribution in [3.05, 3.63) is 0 Å². The van der Waals surface area contributed by atoms with Crippen LogP contribution in [0.5, 0.6) is 0 Å². The van der Waals surface area contributed by atoms with E-state index < -0.39 is 0 Å². The molecule has 4 nitrogen and oxygen atoms in total. The lowest BCUT2D eigenvalue weighted by molar-refractivity contribution is -0.130. The summed E-state index contributed by atoms with van der Waals surface area (Å²) >= 11 is 0. The normalized spacial score (nSPS) is 22.8. The highest BCUT2D eigenvalue weighted by Gasteiger charge is 2.22. The van der Waals surface area contributed by atoms with Crippen LogP contribution in [0, 0.1) is 5.92 Å². The molecule has 74 valence electrons. The van der Waals surface area contributed by atoms with Crippen molar-refractivity contribution in [2.75, 3.05) is 6.61 Å². The molecule has 0 bridgehead atoms. The minimum atomic E-state index is -0.288. The Kier molecular flexibility index (Phi) is 3.89. The highest BCUT2D eigenvalue weighted by atomic mass is 16.5. The average Bonchev–Trinajstić information content (AvgIpc) is 2.55. The smallest absolute Gasteiger partial charge is 0.269 e. The van der Waals surface area contributed by atoms with Crippen molar-refractivity contribution in [3.63, 3.8) is 0 Å². The first kappa shape index (κ1) is 10.2. The van der Waals surface area contributed by atoms with Gasteiger partial charge in [-0.1, -0.05) is 13.8 Å². The van der Waals surface area contributed by atoms with E-state index in [1.54, 1.807) is 6.21 Å². The Hall–Kier alpha value is -0.900. The van der Waals surface area contributed by atoms with E-state index in [9.17, 15) is 4.79 Å². The average molecular weight is 184 g/mol. The van der Waals surface area contributed by atoms with Crippen LogP contribution in [0.25, 0.3) is 0 Å². The van der Waals surface area contributed by atoms with Crippen LogP contribution in [0.4, 0.5) is 0 Å². The molecule has 0 aromatic carbocycles. The second-order valence-corrected chi connectivity index (χ2v) is 3.50. The number of carbonyl (C=O) groups excluding carboxylic acids is 1. The van der Waals surface area contributed by atoms with Crippen LogP contribution in [0.3, 0.4) is 0 Å². The summed E-state index contributed by atoms with van der Waals surface area (Å²) in [6.07, 6.45) is 3.19. The molecule has 1 aliphatic rings. The number of nitrogens with zero attached hydrogens (tertiary/aromatic N) is 1. The first-order valence-electron chi connectivity index (χ1n) is 4.65. The Morgan fingerprint density at radius 2 is 2.46 bits per heavy atom. The number of rotatable bonds is 3. The highest BCUT2D eigenvalue weighted by molar-refractivity contribution is 5.81. The van der Waals surface area contributed by atoms with E-state index in [-0.39, 0.29) is 12.0 Å². The number of hydrogen-bond donors (Lipinski definition) is 1. The number of nitrogens with one attached hydrogen (secondary N) is 1. The summed E-state index contributed by atoms with van der Waals surface area (Å²) in [7, 11) is 0. The molecule has 13 heavy (non-hydrogen) atoms. The first-order chi connectivity index (χ1) is 6.20. The van der Waals surface area contributed by atoms with Crippen LogP contribution in [-0.2, 0) is 9.53 Å². The van der Waals surface area contributed by atoms with Crippen molar-refractivity contribution in [2.24, 2.45) is 11.0 Å². The van der Waals surface area contributed by atoms with Crippen LogP contribution in [0.2, 0.25) is 0 Å². The summed E-state index contributed by atoms with van der Waals surface area (Å²) in [6, 6.07) is 0. The predicted octanol–water partition coefficient (Wildman–Crippen LogP) is 0.923. The molecule has 1 heterocycles. The van der Waals surface area contributed by atoms with Gasteiger partial charge in [0.05, 0.1) is 0 Å². The quantitative estimate of drug-likeness (QED) is 0.524. The highest BCUT2D eigenvalue weighted by Crippen LogP contribution is 2.11. The summed E-state index contributed by atoms with van der Waals surface area (Å²) in [4.78, 5) is 11.3. The van der Waals surface area contributed by atoms with E-state index >= 15 is 0 Å². The molecule has 1 atom stereocenters. The Morgan fingerprint density at radius 3 is 3.00 bits per heavy atom. The summed E-state index contributed by atoms with van der Waals surface area (Å²) in [5.74, 6) is 0.221. The zero-order chi connectivity index (χ0) is 9.68. The minimum Gasteiger partial charge on any atom is -0.368 e. The lowest BCUT2D eigenvalue weighted by Gasteiger charge is -2.06. The monoisotopic (exact) mass is 184 g/mol. The summed E-state index contributed by atoms with van der Waals surface area (Å²) < 4.78 is 5.19. The summed E-state index contributed by atoms with van der Waals surface area (Å²) in [5.41, 5.74) is 2.46. The maximum atomic E-state index is 11.3. The Bertz CT molecular complexity index is 196. The van der Waals surface area contributed by atoms with Crippen molar-refractivity contribution in [1.82, 2.24) is 5.43 Å². The zero-order valence-corrected chi connectivity index (χ0v) is 8.12. The van der Waals surface area contributed by atoms with Gasteiger partial charge in [0.1, 0.15) is 6.10 Å². The van der Waals surface area contributed by atoms with Gasteiger partial charge < -0.3 is 4.74 Å². The molecule has 1 saturated heterocycles. The zero-order valence-electron chi connectivity index (χ0n) is 8.12. The molecular formula is C9H16N2O2. The SMILES string of the molecule is CC(C)/C=N/NC(=O)C1CCCO1. The second kappa shape index (κ2) is 4.97. The Balaban J connectivity index is 2.24. The van der Waals surface area contributed by atoms with Crippen LogP contribution in [0.15, 0.2) is 5.10 Å². The summed E-state index contributed by atoms with van der Waals surface area (Å²) in [6.45, 7) is 4.69. The molecular weight excluding hydrogens is 168 g/mol. The molecule has 4 heteroatoms. The van der Waals surface area contributed by atoms with Gasteiger partial charge in [-0.15, -0.1) is 0 Å². The molecule has 0 radical (unpaired) electrons. The lowest BCUT2D eigenvalue weighted by atomic mass is 10.2. The van der Waals surface area contributed by atoms with E-state index in [4.69, 9.17) is 4.74 Å². The van der Waals surface area contributed by atoms with Gasteiger partial charge in [-0.25, -0.2) is 5.43 Å². The Labute approximate surface area is 78.3 Å². The van der Waals surface area contributed by atoms with Crippen LogP contribution >= 0.6 is 0 Å². The van der Waals surface area contributed by atoms with Gasteiger partial charge in [-0.05, 0) is 18.8 Å². The first-order valence-corrected chi connectivity index (χ1v) is 4.65. The van der Waals surface area contributed by atoms with Gasteiger partial charge in [0.15, 0.2) is 0 Å². The van der Waals surface area contributed by atoms with Crippen molar-refractivity contribution >= 4 is 12.1 Å². The predicted molar refractivity (Wildman–Crippen MR) is 50.4 cm³/mol. The van der Waals surface area contributed by atoms with Crippen LogP contribution < -0.4 is 5.43 Å². The topological polar surface area (TPSA) is 50.7 Å².